The van der Waals surface area contributed by atoms with Gasteiger partial charge in [-0.2, -0.15) is 0 Å². The third-order valence-electron chi connectivity index (χ3n) is 3.92. The van der Waals surface area contributed by atoms with Crippen LogP contribution in [-0.2, 0) is 0 Å². The highest BCUT2D eigenvalue weighted by Gasteiger charge is 2.22. The summed E-state index contributed by atoms with van der Waals surface area (Å²) >= 11 is 5.93. The van der Waals surface area contributed by atoms with Crippen molar-refractivity contribution in [2.75, 3.05) is 18.0 Å². The van der Waals surface area contributed by atoms with Gasteiger partial charge in [0.05, 0.1) is 0 Å². The third kappa shape index (κ3) is 3.63. The zero-order chi connectivity index (χ0) is 14.5. The summed E-state index contributed by atoms with van der Waals surface area (Å²) in [4.78, 5) is 17.6. The summed E-state index contributed by atoms with van der Waals surface area (Å²) in [6.45, 7) is 3.93. The molecular weight excluding hydrogens is 276 g/mol. The fraction of sp³-hybridized carbons (Fsp3) is 0.600. The van der Waals surface area contributed by atoms with E-state index in [0.29, 0.717) is 11.0 Å². The number of carbonyl (C=O) groups is 1. The minimum absolute atomic E-state index is 0.239. The topological polar surface area (TPSA) is 53.4 Å². The first-order chi connectivity index (χ1) is 9.61. The molecule has 1 fully saturated rings. The lowest BCUT2D eigenvalue weighted by Gasteiger charge is -2.23. The highest BCUT2D eigenvalue weighted by atomic mass is 35.5. The number of aromatic nitrogens is 1. The van der Waals surface area contributed by atoms with E-state index in [1.54, 1.807) is 6.07 Å². The second-order valence-corrected chi connectivity index (χ2v) is 5.77. The summed E-state index contributed by atoms with van der Waals surface area (Å²) in [5.74, 6) is 0.318. The molecule has 1 unspecified atom stereocenters. The van der Waals surface area contributed by atoms with Crippen LogP contribution >= 0.6 is 11.6 Å². The van der Waals surface area contributed by atoms with Gasteiger partial charge in [0.15, 0.2) is 0 Å². The van der Waals surface area contributed by atoms with E-state index >= 15 is 0 Å². The van der Waals surface area contributed by atoms with Crippen molar-refractivity contribution in [2.45, 2.75) is 39.0 Å². The maximum atomic E-state index is 11.3. The van der Waals surface area contributed by atoms with Crippen molar-refractivity contribution >= 4 is 23.4 Å². The zero-order valence-corrected chi connectivity index (χ0v) is 12.6. The highest BCUT2D eigenvalue weighted by Crippen LogP contribution is 2.27. The van der Waals surface area contributed by atoms with Gasteiger partial charge in [0.1, 0.15) is 16.5 Å². The van der Waals surface area contributed by atoms with Gasteiger partial charge in [-0.1, -0.05) is 31.4 Å². The number of pyridine rings is 1. The van der Waals surface area contributed by atoms with Crippen molar-refractivity contribution in [1.82, 2.24) is 4.98 Å². The molecule has 0 saturated carbocycles. The molecule has 2 rings (SSSR count). The minimum Gasteiger partial charge on any atom is -0.478 e. The van der Waals surface area contributed by atoms with E-state index in [1.165, 1.54) is 25.3 Å². The summed E-state index contributed by atoms with van der Waals surface area (Å²) in [7, 11) is 0. The van der Waals surface area contributed by atoms with Crippen molar-refractivity contribution in [3.8, 4) is 0 Å². The summed E-state index contributed by atoms with van der Waals surface area (Å²) in [5, 5.41) is 9.63. The first kappa shape index (κ1) is 15.1. The molecule has 1 aliphatic rings. The summed E-state index contributed by atoms with van der Waals surface area (Å²) in [6, 6.07) is 3.08. The van der Waals surface area contributed by atoms with Crippen molar-refractivity contribution < 1.29 is 9.90 Å². The molecule has 110 valence electrons. The largest absolute Gasteiger partial charge is 0.478 e. The molecule has 0 bridgehead atoms. The monoisotopic (exact) mass is 296 g/mol. The summed E-state index contributed by atoms with van der Waals surface area (Å²) in [5.41, 5.74) is 0.239. The van der Waals surface area contributed by atoms with Gasteiger partial charge < -0.3 is 10.0 Å². The quantitative estimate of drug-likeness (QED) is 0.858. The van der Waals surface area contributed by atoms with Crippen molar-refractivity contribution in [1.29, 1.82) is 0 Å². The molecular formula is C15H21ClN2O2. The van der Waals surface area contributed by atoms with E-state index in [4.69, 9.17) is 11.6 Å². The molecule has 1 aliphatic heterocycles. The standard InChI is InChI=1S/C15H21ClN2O2/c1-2-4-11-5-3-9-18(10-8-11)14-12(15(19)20)6-7-13(16)17-14/h6-7,11H,2-5,8-10H2,1H3,(H,19,20). The van der Waals surface area contributed by atoms with Crippen molar-refractivity contribution in [3.63, 3.8) is 0 Å². The molecule has 1 atom stereocenters. The lowest BCUT2D eigenvalue weighted by Crippen LogP contribution is -2.27. The summed E-state index contributed by atoms with van der Waals surface area (Å²) < 4.78 is 0. The second kappa shape index (κ2) is 6.93. The number of halogens is 1. The number of carboxylic acid groups (broad SMARTS) is 1. The van der Waals surface area contributed by atoms with E-state index in [-0.39, 0.29) is 5.56 Å². The Balaban J connectivity index is 2.18. The first-order valence-electron chi connectivity index (χ1n) is 7.26. The Bertz CT molecular complexity index is 479. The lowest BCUT2D eigenvalue weighted by atomic mass is 9.96. The van der Waals surface area contributed by atoms with Crippen LogP contribution in [0.2, 0.25) is 5.15 Å². The van der Waals surface area contributed by atoms with Gasteiger partial charge in [0, 0.05) is 13.1 Å². The second-order valence-electron chi connectivity index (χ2n) is 5.38. The normalized spacial score (nSPS) is 19.7. The molecule has 20 heavy (non-hydrogen) atoms. The Hall–Kier alpha value is -1.29. The maximum Gasteiger partial charge on any atom is 0.339 e. The van der Waals surface area contributed by atoms with Gasteiger partial charge in [0.25, 0.3) is 0 Å². The van der Waals surface area contributed by atoms with Crippen LogP contribution in [0.4, 0.5) is 5.82 Å². The molecule has 5 heteroatoms. The highest BCUT2D eigenvalue weighted by molar-refractivity contribution is 6.29. The number of hydrogen-bond acceptors (Lipinski definition) is 3. The van der Waals surface area contributed by atoms with Gasteiger partial charge >= 0.3 is 5.97 Å². The number of hydrogen-bond donors (Lipinski definition) is 1. The Kier molecular flexibility index (Phi) is 5.24. The molecule has 1 aromatic rings. The molecule has 4 nitrogen and oxygen atoms in total. The summed E-state index contributed by atoms with van der Waals surface area (Å²) in [6.07, 6.45) is 5.86. The molecule has 1 aromatic heterocycles. The number of anilines is 1. The van der Waals surface area contributed by atoms with Crippen LogP contribution < -0.4 is 4.90 Å². The van der Waals surface area contributed by atoms with Gasteiger partial charge in [-0.25, -0.2) is 9.78 Å². The molecule has 0 spiro atoms. The van der Waals surface area contributed by atoms with Gasteiger partial charge in [-0.3, -0.25) is 0 Å². The van der Waals surface area contributed by atoms with E-state index in [2.05, 4.69) is 16.8 Å². The number of carboxylic acids is 1. The Morgan fingerprint density at radius 3 is 2.95 bits per heavy atom. The van der Waals surface area contributed by atoms with Gasteiger partial charge in [-0.05, 0) is 37.3 Å². The fourth-order valence-corrected chi connectivity index (χ4v) is 3.05. The van der Waals surface area contributed by atoms with Crippen molar-refractivity contribution in [2.24, 2.45) is 5.92 Å². The maximum absolute atomic E-state index is 11.3. The van der Waals surface area contributed by atoms with Crippen LogP contribution in [0, 0.1) is 5.92 Å². The predicted octanol–water partition coefficient (Wildman–Crippen LogP) is 3.84. The van der Waals surface area contributed by atoms with Crippen LogP contribution in [0.3, 0.4) is 0 Å². The van der Waals surface area contributed by atoms with Crippen LogP contribution in [0.25, 0.3) is 0 Å². The molecule has 0 aromatic carbocycles. The van der Waals surface area contributed by atoms with E-state index in [1.807, 2.05) is 0 Å². The lowest BCUT2D eigenvalue weighted by molar-refractivity contribution is 0.0697. The smallest absolute Gasteiger partial charge is 0.339 e. The van der Waals surface area contributed by atoms with Crippen LogP contribution in [0.1, 0.15) is 49.4 Å². The Morgan fingerprint density at radius 1 is 1.45 bits per heavy atom. The van der Waals surface area contributed by atoms with Crippen LogP contribution in [0.15, 0.2) is 12.1 Å². The molecule has 0 aliphatic carbocycles. The minimum atomic E-state index is -0.946. The molecule has 1 N–H and O–H groups in total. The zero-order valence-electron chi connectivity index (χ0n) is 11.8. The number of rotatable bonds is 4. The molecule has 2 heterocycles. The Labute approximate surface area is 124 Å². The van der Waals surface area contributed by atoms with E-state index in [9.17, 15) is 9.90 Å². The average molecular weight is 297 g/mol. The number of nitrogens with zero attached hydrogens (tertiary/aromatic N) is 2. The van der Waals surface area contributed by atoms with Crippen LogP contribution in [0.5, 0.6) is 0 Å². The molecule has 0 amide bonds. The van der Waals surface area contributed by atoms with E-state index in [0.717, 1.165) is 31.8 Å². The first-order valence-corrected chi connectivity index (χ1v) is 7.64. The molecule has 1 saturated heterocycles. The van der Waals surface area contributed by atoms with Gasteiger partial charge in [-0.15, -0.1) is 0 Å². The predicted molar refractivity (Wildman–Crippen MR) is 80.7 cm³/mol. The Morgan fingerprint density at radius 2 is 2.25 bits per heavy atom. The van der Waals surface area contributed by atoms with Crippen LogP contribution in [-0.4, -0.2) is 29.1 Å². The molecule has 0 radical (unpaired) electrons. The van der Waals surface area contributed by atoms with Gasteiger partial charge in [0.2, 0.25) is 0 Å². The third-order valence-corrected chi connectivity index (χ3v) is 4.13. The fourth-order valence-electron chi connectivity index (χ4n) is 2.91. The average Bonchev–Trinajstić information content (AvgIpc) is 2.64. The SMILES string of the molecule is CCCC1CCCN(c2nc(Cl)ccc2C(=O)O)CC1. The number of aromatic carboxylic acids is 1. The van der Waals surface area contributed by atoms with Crippen molar-refractivity contribution in [3.05, 3.63) is 22.8 Å². The van der Waals surface area contributed by atoms with E-state index < -0.39 is 5.97 Å².